The van der Waals surface area contributed by atoms with Crippen molar-refractivity contribution in [1.29, 1.82) is 0 Å². The molecule has 0 saturated carbocycles. The smallest absolute Gasteiger partial charge is 0.272 e. The summed E-state index contributed by atoms with van der Waals surface area (Å²) < 4.78 is 40.6. The zero-order chi connectivity index (χ0) is 9.84. The molecule has 72 valence electrons. The summed E-state index contributed by atoms with van der Waals surface area (Å²) in [6.07, 6.45) is -1.56. The summed E-state index contributed by atoms with van der Waals surface area (Å²) in [7, 11) is 0. The van der Waals surface area contributed by atoms with Gasteiger partial charge in [0.05, 0.1) is 11.9 Å². The number of rotatable bonds is 3. The molecule has 0 radical (unpaired) electrons. The van der Waals surface area contributed by atoms with Crippen LogP contribution < -0.4 is 4.74 Å². The lowest BCUT2D eigenvalue weighted by atomic mass is 10.3. The summed E-state index contributed by atoms with van der Waals surface area (Å²) in [5.74, 6) is -0.546. The predicted molar refractivity (Wildman–Crippen MR) is 40.4 cm³/mol. The zero-order valence-corrected chi connectivity index (χ0v) is 6.93. The largest absolute Gasteiger partial charge is 0.486 e. The summed E-state index contributed by atoms with van der Waals surface area (Å²) in [5.41, 5.74) is 0.391. The molecule has 13 heavy (non-hydrogen) atoms. The molecule has 0 aliphatic rings. The SMILES string of the molecule is Cc1ncc(F)cc1OCC(F)F. The van der Waals surface area contributed by atoms with Gasteiger partial charge in [-0.3, -0.25) is 4.98 Å². The van der Waals surface area contributed by atoms with E-state index in [2.05, 4.69) is 9.72 Å². The Bertz CT molecular complexity index is 291. The average molecular weight is 191 g/mol. The molecular formula is C8H8F3NO. The number of aryl methyl sites for hydroxylation is 1. The highest BCUT2D eigenvalue weighted by molar-refractivity contribution is 5.26. The van der Waals surface area contributed by atoms with Crippen LogP contribution in [0.15, 0.2) is 12.3 Å². The van der Waals surface area contributed by atoms with E-state index in [0.29, 0.717) is 5.69 Å². The number of hydrogen-bond donors (Lipinski definition) is 0. The van der Waals surface area contributed by atoms with Gasteiger partial charge in [-0.1, -0.05) is 0 Å². The molecule has 0 atom stereocenters. The number of nitrogens with zero attached hydrogens (tertiary/aromatic N) is 1. The van der Waals surface area contributed by atoms with Crippen LogP contribution in [0, 0.1) is 12.7 Å². The fourth-order valence-corrected chi connectivity index (χ4v) is 0.788. The maximum atomic E-state index is 12.5. The van der Waals surface area contributed by atoms with Crippen LogP contribution in [0.4, 0.5) is 13.2 Å². The lowest BCUT2D eigenvalue weighted by Crippen LogP contribution is -2.08. The monoisotopic (exact) mass is 191 g/mol. The minimum atomic E-state index is -2.57. The van der Waals surface area contributed by atoms with E-state index in [1.807, 2.05) is 0 Å². The van der Waals surface area contributed by atoms with Crippen molar-refractivity contribution in [1.82, 2.24) is 4.98 Å². The van der Waals surface area contributed by atoms with Gasteiger partial charge in [0.1, 0.15) is 18.2 Å². The van der Waals surface area contributed by atoms with E-state index in [4.69, 9.17) is 0 Å². The molecule has 0 aliphatic heterocycles. The second-order valence-corrected chi connectivity index (χ2v) is 2.44. The number of alkyl halides is 2. The van der Waals surface area contributed by atoms with E-state index >= 15 is 0 Å². The predicted octanol–water partition coefficient (Wildman–Crippen LogP) is 2.17. The Labute approximate surface area is 73.4 Å². The third-order valence-electron chi connectivity index (χ3n) is 1.37. The number of halogens is 3. The highest BCUT2D eigenvalue weighted by Crippen LogP contribution is 2.16. The van der Waals surface area contributed by atoms with Crippen molar-refractivity contribution >= 4 is 0 Å². The Balaban J connectivity index is 2.70. The molecule has 0 unspecified atom stereocenters. The van der Waals surface area contributed by atoms with Gasteiger partial charge < -0.3 is 4.74 Å². The minimum Gasteiger partial charge on any atom is -0.486 e. The molecule has 0 aliphatic carbocycles. The normalized spacial score (nSPS) is 10.5. The Hall–Kier alpha value is -1.26. The Morgan fingerprint density at radius 1 is 1.54 bits per heavy atom. The minimum absolute atomic E-state index is 0.0558. The van der Waals surface area contributed by atoms with Crippen molar-refractivity contribution in [2.75, 3.05) is 6.61 Å². The first-order valence-corrected chi connectivity index (χ1v) is 3.62. The number of hydrogen-bond acceptors (Lipinski definition) is 2. The van der Waals surface area contributed by atoms with E-state index in [0.717, 1.165) is 12.3 Å². The Morgan fingerprint density at radius 3 is 2.85 bits per heavy atom. The first kappa shape index (κ1) is 9.83. The van der Waals surface area contributed by atoms with Gasteiger partial charge in [0.15, 0.2) is 0 Å². The standard InChI is InChI=1S/C8H8F3NO/c1-5-7(13-4-8(10)11)2-6(9)3-12-5/h2-3,8H,4H2,1H3. The highest BCUT2D eigenvalue weighted by Gasteiger charge is 2.07. The molecule has 1 rings (SSSR count). The lowest BCUT2D eigenvalue weighted by Gasteiger charge is -2.06. The molecule has 1 aromatic rings. The summed E-state index contributed by atoms with van der Waals surface area (Å²) in [5, 5.41) is 0. The molecule has 0 aromatic carbocycles. The van der Waals surface area contributed by atoms with Crippen LogP contribution in [0.2, 0.25) is 0 Å². The van der Waals surface area contributed by atoms with Crippen LogP contribution in [0.3, 0.4) is 0 Å². The van der Waals surface area contributed by atoms with Gasteiger partial charge in [-0.05, 0) is 6.92 Å². The summed E-state index contributed by atoms with van der Waals surface area (Å²) >= 11 is 0. The van der Waals surface area contributed by atoms with Crippen LogP contribution in [-0.2, 0) is 0 Å². The van der Waals surface area contributed by atoms with Gasteiger partial charge in [-0.2, -0.15) is 0 Å². The van der Waals surface area contributed by atoms with E-state index in [9.17, 15) is 13.2 Å². The van der Waals surface area contributed by atoms with Crippen molar-refractivity contribution in [3.8, 4) is 5.75 Å². The van der Waals surface area contributed by atoms with Crippen LogP contribution in [0.5, 0.6) is 5.75 Å². The van der Waals surface area contributed by atoms with Crippen molar-refractivity contribution in [2.45, 2.75) is 13.3 Å². The van der Waals surface area contributed by atoms with E-state index in [1.54, 1.807) is 6.92 Å². The molecule has 0 fully saturated rings. The van der Waals surface area contributed by atoms with Crippen LogP contribution in [-0.4, -0.2) is 18.0 Å². The van der Waals surface area contributed by atoms with E-state index in [-0.39, 0.29) is 5.75 Å². The maximum Gasteiger partial charge on any atom is 0.272 e. The lowest BCUT2D eigenvalue weighted by molar-refractivity contribution is 0.0811. The van der Waals surface area contributed by atoms with Gasteiger partial charge >= 0.3 is 0 Å². The zero-order valence-electron chi connectivity index (χ0n) is 6.93. The molecular weight excluding hydrogens is 183 g/mol. The third kappa shape index (κ3) is 2.93. The second kappa shape index (κ2) is 4.11. The van der Waals surface area contributed by atoms with Crippen molar-refractivity contribution in [3.63, 3.8) is 0 Å². The second-order valence-electron chi connectivity index (χ2n) is 2.44. The maximum absolute atomic E-state index is 12.5. The number of ether oxygens (including phenoxy) is 1. The third-order valence-corrected chi connectivity index (χ3v) is 1.37. The fraction of sp³-hybridized carbons (Fsp3) is 0.375. The quantitative estimate of drug-likeness (QED) is 0.730. The molecule has 5 heteroatoms. The van der Waals surface area contributed by atoms with Crippen LogP contribution in [0.1, 0.15) is 5.69 Å². The fourth-order valence-electron chi connectivity index (χ4n) is 0.788. The van der Waals surface area contributed by atoms with E-state index < -0.39 is 18.8 Å². The molecule has 2 nitrogen and oxygen atoms in total. The highest BCUT2D eigenvalue weighted by atomic mass is 19.3. The summed E-state index contributed by atoms with van der Waals surface area (Å²) in [6.45, 7) is 0.812. The molecule has 1 heterocycles. The summed E-state index contributed by atoms with van der Waals surface area (Å²) in [6, 6.07) is 1.03. The van der Waals surface area contributed by atoms with Gasteiger partial charge in [0, 0.05) is 6.07 Å². The first-order valence-electron chi connectivity index (χ1n) is 3.62. The van der Waals surface area contributed by atoms with Crippen molar-refractivity contribution in [3.05, 3.63) is 23.8 Å². The van der Waals surface area contributed by atoms with Crippen LogP contribution >= 0.6 is 0 Å². The van der Waals surface area contributed by atoms with Crippen LogP contribution in [0.25, 0.3) is 0 Å². The topological polar surface area (TPSA) is 22.1 Å². The number of aromatic nitrogens is 1. The molecule has 0 N–H and O–H groups in total. The first-order chi connectivity index (χ1) is 6.09. The molecule has 0 amide bonds. The molecule has 0 saturated heterocycles. The van der Waals surface area contributed by atoms with Crippen molar-refractivity contribution < 1.29 is 17.9 Å². The number of pyridine rings is 1. The van der Waals surface area contributed by atoms with Gasteiger partial charge in [0.25, 0.3) is 6.43 Å². The average Bonchev–Trinajstić information content (AvgIpc) is 2.06. The Kier molecular flexibility index (Phi) is 3.11. The van der Waals surface area contributed by atoms with Gasteiger partial charge in [-0.25, -0.2) is 13.2 Å². The molecule has 1 aromatic heterocycles. The molecule has 0 bridgehead atoms. The summed E-state index contributed by atoms with van der Waals surface area (Å²) in [4.78, 5) is 3.61. The van der Waals surface area contributed by atoms with Crippen molar-refractivity contribution in [2.24, 2.45) is 0 Å². The van der Waals surface area contributed by atoms with Gasteiger partial charge in [0.2, 0.25) is 0 Å². The van der Waals surface area contributed by atoms with E-state index in [1.165, 1.54) is 0 Å². The Morgan fingerprint density at radius 2 is 2.23 bits per heavy atom. The molecule has 0 spiro atoms. The van der Waals surface area contributed by atoms with Gasteiger partial charge in [-0.15, -0.1) is 0 Å².